The maximum Gasteiger partial charge on any atom is 0.0220 e. The molecule has 0 saturated carbocycles. The standard InChI is InChI=1S/C14H23N2P/c1-3-5-12-13(10-15-14(12)4-2)11-6-8-16(17)9-7-11/h3,5,10-11,15H,4,6-9,17H2,1-2H3/b5-3-. The maximum absolute atomic E-state index is 3.45. The molecule has 1 atom stereocenters. The van der Waals surface area contributed by atoms with Crippen LogP contribution in [0.5, 0.6) is 0 Å². The number of nitrogens with zero attached hydrogens (tertiary/aromatic N) is 1. The normalized spacial score (nSPS) is 19.2. The lowest BCUT2D eigenvalue weighted by Crippen LogP contribution is -2.24. The molecule has 2 nitrogen and oxygen atoms in total. The molecule has 1 aromatic heterocycles. The minimum atomic E-state index is 0.731. The predicted octanol–water partition coefficient (Wildman–Crippen LogP) is 3.58. The third kappa shape index (κ3) is 2.81. The molecule has 0 bridgehead atoms. The molecule has 0 radical (unpaired) electrons. The van der Waals surface area contributed by atoms with E-state index in [-0.39, 0.29) is 0 Å². The van der Waals surface area contributed by atoms with Crippen LogP contribution in [0.2, 0.25) is 0 Å². The van der Waals surface area contributed by atoms with Crippen LogP contribution in [0.25, 0.3) is 6.08 Å². The van der Waals surface area contributed by atoms with Gasteiger partial charge in [-0.1, -0.05) is 28.5 Å². The van der Waals surface area contributed by atoms with E-state index in [0.717, 1.165) is 12.3 Å². The van der Waals surface area contributed by atoms with Crippen molar-refractivity contribution >= 4 is 15.5 Å². The van der Waals surface area contributed by atoms with Crippen LogP contribution in [0.1, 0.15) is 49.4 Å². The van der Waals surface area contributed by atoms with Crippen LogP contribution in [0, 0.1) is 0 Å². The van der Waals surface area contributed by atoms with Crippen LogP contribution in [0.4, 0.5) is 0 Å². The molecule has 1 aliphatic heterocycles. The molecule has 1 fully saturated rings. The molecular weight excluding hydrogens is 227 g/mol. The van der Waals surface area contributed by atoms with Crippen molar-refractivity contribution in [2.24, 2.45) is 0 Å². The molecule has 17 heavy (non-hydrogen) atoms. The summed E-state index contributed by atoms with van der Waals surface area (Å²) in [6.45, 7) is 6.70. The smallest absolute Gasteiger partial charge is 0.0220 e. The van der Waals surface area contributed by atoms with E-state index < -0.39 is 0 Å². The number of aromatic amines is 1. The molecule has 3 heteroatoms. The van der Waals surface area contributed by atoms with Gasteiger partial charge in [-0.25, -0.2) is 0 Å². The maximum atomic E-state index is 3.45. The van der Waals surface area contributed by atoms with E-state index in [1.165, 1.54) is 42.8 Å². The number of hydrogen-bond donors (Lipinski definition) is 1. The summed E-state index contributed by atoms with van der Waals surface area (Å²) in [5.41, 5.74) is 4.35. The summed E-state index contributed by atoms with van der Waals surface area (Å²) in [6, 6.07) is 0. The fourth-order valence-corrected chi connectivity index (χ4v) is 3.00. The average molecular weight is 250 g/mol. The topological polar surface area (TPSA) is 19.0 Å². The van der Waals surface area contributed by atoms with Gasteiger partial charge < -0.3 is 4.98 Å². The van der Waals surface area contributed by atoms with Crippen molar-refractivity contribution in [3.05, 3.63) is 29.1 Å². The molecule has 1 aromatic rings. The Labute approximate surface area is 107 Å². The van der Waals surface area contributed by atoms with Gasteiger partial charge in [0.05, 0.1) is 0 Å². The van der Waals surface area contributed by atoms with Gasteiger partial charge in [0.2, 0.25) is 0 Å². The first kappa shape index (κ1) is 12.9. The second-order valence-corrected chi connectivity index (χ2v) is 5.53. The Morgan fingerprint density at radius 3 is 2.76 bits per heavy atom. The lowest BCUT2D eigenvalue weighted by molar-refractivity contribution is 0.345. The number of nitrogens with one attached hydrogen (secondary N) is 1. The summed E-state index contributed by atoms with van der Waals surface area (Å²) in [6.07, 6.45) is 10.3. The third-order valence-electron chi connectivity index (χ3n) is 3.69. The van der Waals surface area contributed by atoms with Gasteiger partial charge in [-0.3, -0.25) is 4.67 Å². The van der Waals surface area contributed by atoms with Crippen molar-refractivity contribution < 1.29 is 0 Å². The van der Waals surface area contributed by atoms with Crippen molar-refractivity contribution in [2.45, 2.75) is 39.0 Å². The van der Waals surface area contributed by atoms with E-state index in [1.54, 1.807) is 0 Å². The van der Waals surface area contributed by atoms with E-state index in [1.807, 2.05) is 0 Å². The number of aromatic nitrogens is 1. The second kappa shape index (κ2) is 5.84. The lowest BCUT2D eigenvalue weighted by Gasteiger charge is -2.28. The monoisotopic (exact) mass is 250 g/mol. The average Bonchev–Trinajstić information content (AvgIpc) is 2.74. The van der Waals surface area contributed by atoms with Crippen LogP contribution in [-0.2, 0) is 6.42 Å². The molecule has 0 aliphatic carbocycles. The van der Waals surface area contributed by atoms with E-state index in [2.05, 4.69) is 51.2 Å². The van der Waals surface area contributed by atoms with E-state index in [0.29, 0.717) is 0 Å². The Balaban J connectivity index is 2.22. The summed E-state index contributed by atoms with van der Waals surface area (Å²) in [7, 11) is 2.82. The molecule has 94 valence electrons. The zero-order valence-electron chi connectivity index (χ0n) is 10.9. The van der Waals surface area contributed by atoms with E-state index in [4.69, 9.17) is 0 Å². The van der Waals surface area contributed by atoms with Gasteiger partial charge >= 0.3 is 0 Å². The first-order valence-corrected chi connectivity index (χ1v) is 7.10. The summed E-state index contributed by atoms with van der Waals surface area (Å²) in [4.78, 5) is 3.45. The molecule has 2 heterocycles. The molecule has 2 rings (SSSR count). The van der Waals surface area contributed by atoms with Gasteiger partial charge in [-0.2, -0.15) is 0 Å². The minimum absolute atomic E-state index is 0.731. The van der Waals surface area contributed by atoms with E-state index >= 15 is 0 Å². The molecule has 0 amide bonds. The number of H-pyrrole nitrogens is 1. The van der Waals surface area contributed by atoms with Crippen LogP contribution >= 0.6 is 9.39 Å². The van der Waals surface area contributed by atoms with Gasteiger partial charge in [0, 0.05) is 25.0 Å². The third-order valence-corrected chi connectivity index (χ3v) is 4.21. The fourth-order valence-electron chi connectivity index (χ4n) is 2.70. The molecule has 1 N–H and O–H groups in total. The van der Waals surface area contributed by atoms with Crippen LogP contribution in [0.15, 0.2) is 12.3 Å². The van der Waals surface area contributed by atoms with Crippen molar-refractivity contribution in [1.29, 1.82) is 0 Å². The van der Waals surface area contributed by atoms with Crippen molar-refractivity contribution in [2.75, 3.05) is 13.1 Å². The van der Waals surface area contributed by atoms with Gasteiger partial charge in [-0.15, -0.1) is 0 Å². The molecule has 0 spiro atoms. The highest BCUT2D eigenvalue weighted by atomic mass is 31.0. The van der Waals surface area contributed by atoms with Crippen molar-refractivity contribution in [3.8, 4) is 0 Å². The van der Waals surface area contributed by atoms with Crippen LogP contribution in [0.3, 0.4) is 0 Å². The zero-order valence-corrected chi connectivity index (χ0v) is 12.0. The molecule has 1 aliphatic rings. The quantitative estimate of drug-likeness (QED) is 0.812. The molecule has 1 unspecified atom stereocenters. The molecule has 0 aromatic carbocycles. The summed E-state index contributed by atoms with van der Waals surface area (Å²) in [5, 5.41) is 0. The largest absolute Gasteiger partial charge is 0.364 e. The van der Waals surface area contributed by atoms with Gasteiger partial charge in [-0.05, 0) is 43.2 Å². The van der Waals surface area contributed by atoms with E-state index in [9.17, 15) is 0 Å². The summed E-state index contributed by atoms with van der Waals surface area (Å²) < 4.78 is 2.35. The highest BCUT2D eigenvalue weighted by Gasteiger charge is 2.22. The fraction of sp³-hybridized carbons (Fsp3) is 0.571. The highest BCUT2D eigenvalue weighted by molar-refractivity contribution is 7.13. The highest BCUT2D eigenvalue weighted by Crippen LogP contribution is 2.33. The Hall–Kier alpha value is -0.590. The van der Waals surface area contributed by atoms with Crippen molar-refractivity contribution in [1.82, 2.24) is 9.65 Å². The van der Waals surface area contributed by atoms with Crippen LogP contribution in [-0.4, -0.2) is 22.7 Å². The number of rotatable bonds is 3. The van der Waals surface area contributed by atoms with Gasteiger partial charge in [0.25, 0.3) is 0 Å². The first-order valence-electron chi connectivity index (χ1n) is 6.58. The summed E-state index contributed by atoms with van der Waals surface area (Å²) >= 11 is 0. The first-order chi connectivity index (χ1) is 8.26. The summed E-state index contributed by atoms with van der Waals surface area (Å²) in [5.74, 6) is 0.731. The minimum Gasteiger partial charge on any atom is -0.364 e. The Morgan fingerprint density at radius 1 is 1.47 bits per heavy atom. The Morgan fingerprint density at radius 2 is 2.18 bits per heavy atom. The Bertz CT molecular complexity index is 387. The Kier molecular flexibility index (Phi) is 4.42. The molecular formula is C14H23N2P. The van der Waals surface area contributed by atoms with Crippen LogP contribution < -0.4 is 0 Å². The lowest BCUT2D eigenvalue weighted by atomic mass is 9.88. The predicted molar refractivity (Wildman–Crippen MR) is 78.1 cm³/mol. The number of piperidine rings is 1. The van der Waals surface area contributed by atoms with Gasteiger partial charge in [0.15, 0.2) is 0 Å². The molecule has 1 saturated heterocycles. The number of hydrogen-bond acceptors (Lipinski definition) is 1. The number of allylic oxidation sites excluding steroid dienone is 1. The number of aryl methyl sites for hydroxylation is 1. The van der Waals surface area contributed by atoms with Gasteiger partial charge in [0.1, 0.15) is 0 Å². The SMILES string of the molecule is C/C=C\c1c(C2CCN(P)CC2)c[nH]c1CC. The zero-order chi connectivity index (χ0) is 12.3. The second-order valence-electron chi connectivity index (χ2n) is 4.80. The van der Waals surface area contributed by atoms with Crippen molar-refractivity contribution in [3.63, 3.8) is 0 Å².